The number of anilines is 2. The van der Waals surface area contributed by atoms with Crippen LogP contribution in [0.4, 0.5) is 32.9 Å². The molecule has 4 aromatic rings. The first-order valence-electron chi connectivity index (χ1n) is 11.7. The standard InChI is InChI=1S/C25H24F5N5OS/c1-11(2)21-32-18-13(22(34-21)35-8-4-7-24(3,36)10-35)9-14(25(28,29)30)16(17(18)27)12-5-6-15(26)20-19(12)33-23(31)37-20/h5-6,9,11,36H,4,7-8,10H2,1-3H3,(H2,31,33)/t24-/m1/s1. The summed E-state index contributed by atoms with van der Waals surface area (Å²) in [4.78, 5) is 14.5. The second-order valence-corrected chi connectivity index (χ2v) is 10.9. The zero-order chi connectivity index (χ0) is 26.9. The van der Waals surface area contributed by atoms with Crippen molar-refractivity contribution in [1.82, 2.24) is 15.0 Å². The summed E-state index contributed by atoms with van der Waals surface area (Å²) in [5.41, 5.74) is 1.92. The summed E-state index contributed by atoms with van der Waals surface area (Å²) in [6.07, 6.45) is -3.86. The van der Waals surface area contributed by atoms with Gasteiger partial charge in [-0.15, -0.1) is 0 Å². The van der Waals surface area contributed by atoms with Crippen LogP contribution in [0, 0.1) is 11.6 Å². The number of aromatic nitrogens is 3. The second-order valence-electron chi connectivity index (χ2n) is 9.91. The third-order valence-electron chi connectivity index (χ3n) is 6.51. The Morgan fingerprint density at radius 3 is 2.51 bits per heavy atom. The fraction of sp³-hybridized carbons (Fsp3) is 0.400. The van der Waals surface area contributed by atoms with Crippen LogP contribution in [0.15, 0.2) is 18.2 Å². The maximum atomic E-state index is 16.3. The zero-order valence-corrected chi connectivity index (χ0v) is 21.1. The molecule has 0 amide bonds. The molecule has 6 nitrogen and oxygen atoms in total. The van der Waals surface area contributed by atoms with E-state index in [1.807, 2.05) is 0 Å². The molecule has 5 rings (SSSR count). The number of nitrogens with zero attached hydrogens (tertiary/aromatic N) is 4. The fourth-order valence-electron chi connectivity index (χ4n) is 4.81. The number of alkyl halides is 3. The normalized spacial score (nSPS) is 18.9. The van der Waals surface area contributed by atoms with E-state index in [0.717, 1.165) is 29.5 Å². The van der Waals surface area contributed by atoms with E-state index in [0.29, 0.717) is 19.4 Å². The molecule has 3 N–H and O–H groups in total. The van der Waals surface area contributed by atoms with E-state index in [2.05, 4.69) is 15.0 Å². The average molecular weight is 538 g/mol. The number of β-amino-alcohol motifs (C(OH)–C–C–N with tert-alkyl or cyclic N) is 1. The predicted molar refractivity (Wildman–Crippen MR) is 134 cm³/mol. The van der Waals surface area contributed by atoms with Crippen molar-refractivity contribution in [3.05, 3.63) is 41.2 Å². The molecule has 2 aromatic carbocycles. The van der Waals surface area contributed by atoms with E-state index >= 15 is 4.39 Å². The molecule has 0 saturated carbocycles. The number of piperidine rings is 1. The average Bonchev–Trinajstić information content (AvgIpc) is 3.20. The highest BCUT2D eigenvalue weighted by atomic mass is 32.1. The van der Waals surface area contributed by atoms with Gasteiger partial charge < -0.3 is 15.7 Å². The minimum absolute atomic E-state index is 0.0556. The summed E-state index contributed by atoms with van der Waals surface area (Å²) in [5, 5.41) is 10.5. The molecular weight excluding hydrogens is 513 g/mol. The molecule has 0 bridgehead atoms. The lowest BCUT2D eigenvalue weighted by Crippen LogP contribution is -2.46. The Bertz CT molecular complexity index is 1530. The van der Waals surface area contributed by atoms with Gasteiger partial charge in [0.25, 0.3) is 0 Å². The van der Waals surface area contributed by atoms with Crippen molar-refractivity contribution in [3.63, 3.8) is 0 Å². The summed E-state index contributed by atoms with van der Waals surface area (Å²) < 4.78 is 74.0. The van der Waals surface area contributed by atoms with Gasteiger partial charge in [-0.25, -0.2) is 23.7 Å². The van der Waals surface area contributed by atoms with E-state index in [4.69, 9.17) is 5.73 Å². The van der Waals surface area contributed by atoms with Crippen LogP contribution in [-0.4, -0.2) is 38.7 Å². The van der Waals surface area contributed by atoms with Crippen molar-refractivity contribution in [2.45, 2.75) is 51.3 Å². The van der Waals surface area contributed by atoms with Gasteiger partial charge in [-0.3, -0.25) is 0 Å². The Balaban J connectivity index is 1.88. The van der Waals surface area contributed by atoms with E-state index in [9.17, 15) is 22.7 Å². The van der Waals surface area contributed by atoms with Gasteiger partial charge >= 0.3 is 6.18 Å². The summed E-state index contributed by atoms with van der Waals surface area (Å²) in [7, 11) is 0. The van der Waals surface area contributed by atoms with Crippen molar-refractivity contribution in [1.29, 1.82) is 0 Å². The molecule has 0 spiro atoms. The molecule has 37 heavy (non-hydrogen) atoms. The van der Waals surface area contributed by atoms with Crippen LogP contribution in [0.3, 0.4) is 0 Å². The molecule has 0 radical (unpaired) electrons. The monoisotopic (exact) mass is 537 g/mol. The summed E-state index contributed by atoms with van der Waals surface area (Å²) in [6.45, 7) is 5.79. The van der Waals surface area contributed by atoms with Crippen LogP contribution in [-0.2, 0) is 6.18 Å². The molecule has 0 unspecified atom stereocenters. The van der Waals surface area contributed by atoms with Crippen molar-refractivity contribution >= 4 is 43.4 Å². The lowest BCUT2D eigenvalue weighted by atomic mass is 9.93. The third kappa shape index (κ3) is 4.46. The van der Waals surface area contributed by atoms with Gasteiger partial charge in [0.2, 0.25) is 0 Å². The van der Waals surface area contributed by atoms with Crippen LogP contribution in [0.2, 0.25) is 0 Å². The first-order valence-corrected chi connectivity index (χ1v) is 12.5. The van der Waals surface area contributed by atoms with Gasteiger partial charge in [-0.1, -0.05) is 25.2 Å². The number of hydrogen-bond acceptors (Lipinski definition) is 7. The number of fused-ring (bicyclic) bond motifs is 2. The Morgan fingerprint density at radius 2 is 1.86 bits per heavy atom. The van der Waals surface area contributed by atoms with E-state index in [1.165, 1.54) is 0 Å². The molecule has 3 heterocycles. The number of nitrogen functional groups attached to an aromatic ring is 1. The van der Waals surface area contributed by atoms with Crippen LogP contribution in [0.1, 0.15) is 50.9 Å². The van der Waals surface area contributed by atoms with Gasteiger partial charge in [0.1, 0.15) is 23.0 Å². The summed E-state index contributed by atoms with van der Waals surface area (Å²) in [6, 6.07) is 2.88. The van der Waals surface area contributed by atoms with E-state index in [1.54, 1.807) is 25.7 Å². The van der Waals surface area contributed by atoms with Crippen molar-refractivity contribution in [2.75, 3.05) is 23.7 Å². The molecule has 1 aliphatic rings. The predicted octanol–water partition coefficient (Wildman–Crippen LogP) is 6.26. The molecule has 1 aliphatic heterocycles. The highest BCUT2D eigenvalue weighted by Gasteiger charge is 2.39. The molecule has 196 valence electrons. The quantitative estimate of drug-likeness (QED) is 0.300. The minimum Gasteiger partial charge on any atom is -0.388 e. The molecule has 0 aliphatic carbocycles. The Morgan fingerprint density at radius 1 is 1.14 bits per heavy atom. The minimum atomic E-state index is -4.96. The maximum absolute atomic E-state index is 16.3. The smallest absolute Gasteiger partial charge is 0.388 e. The van der Waals surface area contributed by atoms with Crippen LogP contribution >= 0.6 is 11.3 Å². The van der Waals surface area contributed by atoms with Gasteiger partial charge in [0.15, 0.2) is 10.9 Å². The molecule has 1 fully saturated rings. The molecule has 12 heteroatoms. The fourth-order valence-corrected chi connectivity index (χ4v) is 5.57. The number of halogens is 5. The molecular formula is C25H24F5N5OS. The number of nitrogens with two attached hydrogens (primary N) is 1. The summed E-state index contributed by atoms with van der Waals surface area (Å²) >= 11 is 0.770. The molecule has 1 atom stereocenters. The Kier molecular flexibility index (Phi) is 6.02. The third-order valence-corrected chi connectivity index (χ3v) is 7.40. The Hall–Kier alpha value is -3.12. The van der Waals surface area contributed by atoms with Crippen molar-refractivity contribution in [3.8, 4) is 11.1 Å². The van der Waals surface area contributed by atoms with Crippen LogP contribution < -0.4 is 10.6 Å². The molecule has 2 aromatic heterocycles. The number of hydrogen-bond donors (Lipinski definition) is 2. The first kappa shape index (κ1) is 25.5. The summed E-state index contributed by atoms with van der Waals surface area (Å²) in [5.74, 6) is -1.80. The lowest BCUT2D eigenvalue weighted by molar-refractivity contribution is -0.137. The topological polar surface area (TPSA) is 88.2 Å². The van der Waals surface area contributed by atoms with Crippen LogP contribution in [0.5, 0.6) is 0 Å². The largest absolute Gasteiger partial charge is 0.417 e. The van der Waals surface area contributed by atoms with E-state index in [-0.39, 0.29) is 55.9 Å². The van der Waals surface area contributed by atoms with E-state index < -0.39 is 34.5 Å². The number of benzene rings is 2. The van der Waals surface area contributed by atoms with Gasteiger partial charge in [0, 0.05) is 35.5 Å². The van der Waals surface area contributed by atoms with Gasteiger partial charge in [-0.05, 0) is 38.0 Å². The highest BCUT2D eigenvalue weighted by molar-refractivity contribution is 7.22. The number of aliphatic hydroxyl groups is 1. The maximum Gasteiger partial charge on any atom is 0.417 e. The lowest BCUT2D eigenvalue weighted by Gasteiger charge is -2.38. The molecule has 1 saturated heterocycles. The first-order chi connectivity index (χ1) is 17.3. The number of thiazole rings is 1. The van der Waals surface area contributed by atoms with Gasteiger partial charge in [-0.2, -0.15) is 13.2 Å². The van der Waals surface area contributed by atoms with Crippen molar-refractivity contribution < 1.29 is 27.1 Å². The zero-order valence-electron chi connectivity index (χ0n) is 20.2. The van der Waals surface area contributed by atoms with Gasteiger partial charge in [0.05, 0.1) is 21.4 Å². The second kappa shape index (κ2) is 8.73. The Labute approximate surface area is 213 Å². The number of rotatable bonds is 3. The highest BCUT2D eigenvalue weighted by Crippen LogP contribution is 2.46. The van der Waals surface area contributed by atoms with Crippen LogP contribution in [0.25, 0.3) is 32.2 Å². The van der Waals surface area contributed by atoms with Crippen molar-refractivity contribution in [2.24, 2.45) is 0 Å². The SMILES string of the molecule is CC(C)c1nc(N2CCC[C@@](C)(O)C2)c2cc(C(F)(F)F)c(-c3ccc(F)c4sc(N)nc34)c(F)c2n1.